The molecule has 1 atom stereocenters. The van der Waals surface area contributed by atoms with Crippen LogP contribution in [-0.2, 0) is 4.57 Å². The Bertz CT molecular complexity index is 965. The van der Waals surface area contributed by atoms with Gasteiger partial charge in [0.2, 0.25) is 0 Å². The smallest absolute Gasteiger partial charge is 0.298 e. The van der Waals surface area contributed by atoms with Gasteiger partial charge in [0.25, 0.3) is 12.9 Å². The van der Waals surface area contributed by atoms with Crippen LogP contribution in [0.15, 0.2) is 66.7 Å². The normalized spacial score (nSPS) is 12.5. The number of hydrogen-bond acceptors (Lipinski definition) is 3. The van der Waals surface area contributed by atoms with E-state index in [9.17, 15) is 14.3 Å². The summed E-state index contributed by atoms with van der Waals surface area (Å²) in [6.45, 7) is 7.50. The molecule has 4 nitrogen and oxygen atoms in total. The van der Waals surface area contributed by atoms with Gasteiger partial charge in [0.05, 0.1) is 0 Å². The van der Waals surface area contributed by atoms with Crippen molar-refractivity contribution in [2.75, 3.05) is 0 Å². The number of carbonyl (C=O) groups is 1. The third kappa shape index (κ3) is 5.19. The van der Waals surface area contributed by atoms with Crippen molar-refractivity contribution < 1.29 is 19.4 Å². The molecule has 0 aliphatic rings. The first-order chi connectivity index (χ1) is 13.1. The number of phenols is 1. The molecule has 0 saturated heterocycles. The van der Waals surface area contributed by atoms with Crippen LogP contribution in [0.3, 0.4) is 0 Å². The summed E-state index contributed by atoms with van der Waals surface area (Å²) in [5.41, 5.74) is 3.33. The fourth-order valence-electron chi connectivity index (χ4n) is 2.96. The average molecular weight is 396 g/mol. The van der Waals surface area contributed by atoms with E-state index in [4.69, 9.17) is 5.11 Å². The van der Waals surface area contributed by atoms with Gasteiger partial charge in [-0.15, -0.1) is 0 Å². The van der Waals surface area contributed by atoms with Gasteiger partial charge in [-0.2, -0.15) is 0 Å². The van der Waals surface area contributed by atoms with Crippen LogP contribution in [-0.4, -0.2) is 15.5 Å². The van der Waals surface area contributed by atoms with Crippen molar-refractivity contribution in [3.05, 3.63) is 94.5 Å². The minimum absolute atomic E-state index is 0.171. The molecule has 1 unspecified atom stereocenters. The van der Waals surface area contributed by atoms with Gasteiger partial charge in [0.15, 0.2) is 0 Å². The van der Waals surface area contributed by atoms with Crippen molar-refractivity contribution in [3.63, 3.8) is 0 Å². The number of phenolic OH excluding ortho intramolecular Hbond substituents is 1. The van der Waals surface area contributed by atoms with Crippen LogP contribution in [0.5, 0.6) is 5.75 Å². The van der Waals surface area contributed by atoms with Crippen molar-refractivity contribution in [3.8, 4) is 5.75 Å². The summed E-state index contributed by atoms with van der Waals surface area (Å²) in [5.74, 6) is 0.329. The topological polar surface area (TPSA) is 74.6 Å². The summed E-state index contributed by atoms with van der Waals surface area (Å²) in [6.07, 6.45) is 0. The van der Waals surface area contributed by atoms with Crippen molar-refractivity contribution in [2.45, 2.75) is 27.7 Å². The second-order valence-corrected chi connectivity index (χ2v) is 8.90. The van der Waals surface area contributed by atoms with E-state index in [-0.39, 0.29) is 5.30 Å². The van der Waals surface area contributed by atoms with Crippen molar-refractivity contribution in [1.82, 2.24) is 0 Å². The molecule has 0 bridgehead atoms. The average Bonchev–Trinajstić information content (AvgIpc) is 2.64. The maximum atomic E-state index is 12.5. The maximum Gasteiger partial charge on any atom is 0.298 e. The van der Waals surface area contributed by atoms with Crippen molar-refractivity contribution >= 4 is 18.2 Å². The molecule has 0 aliphatic carbocycles. The number of rotatable bonds is 3. The predicted octanol–water partition coefficient (Wildman–Crippen LogP) is 5.05. The highest BCUT2D eigenvalue weighted by Crippen LogP contribution is 2.44. The predicted molar refractivity (Wildman–Crippen MR) is 114 cm³/mol. The fourth-order valence-corrected chi connectivity index (χ4v) is 4.43. The van der Waals surface area contributed by atoms with Crippen molar-refractivity contribution in [2.24, 2.45) is 0 Å². The Kier molecular flexibility index (Phi) is 6.95. The highest BCUT2D eigenvalue weighted by molar-refractivity contribution is 7.82. The summed E-state index contributed by atoms with van der Waals surface area (Å²) in [7, 11) is -4.07. The zero-order valence-corrected chi connectivity index (χ0v) is 17.4. The monoisotopic (exact) mass is 396 g/mol. The molecule has 0 aliphatic heterocycles. The van der Waals surface area contributed by atoms with Crippen LogP contribution in [0.2, 0.25) is 0 Å². The van der Waals surface area contributed by atoms with E-state index in [1.165, 1.54) is 17.7 Å². The van der Waals surface area contributed by atoms with Crippen LogP contribution >= 0.6 is 7.37 Å². The Hall–Kier alpha value is -2.68. The summed E-state index contributed by atoms with van der Waals surface area (Å²) in [5, 5.41) is 8.93. The van der Waals surface area contributed by atoms with Gasteiger partial charge in [-0.1, -0.05) is 53.6 Å². The van der Waals surface area contributed by atoms with E-state index in [2.05, 4.69) is 0 Å². The summed E-state index contributed by atoms with van der Waals surface area (Å²) in [6, 6.07) is 18.9. The van der Waals surface area contributed by atoms with Crippen LogP contribution in [0.4, 0.5) is 0 Å². The molecule has 3 aromatic carbocycles. The summed E-state index contributed by atoms with van der Waals surface area (Å²) in [4.78, 5) is 22.7. The van der Waals surface area contributed by atoms with Gasteiger partial charge in [-0.25, -0.2) is 0 Å². The molecule has 0 spiro atoms. The molecule has 2 N–H and O–H groups in total. The van der Waals surface area contributed by atoms with E-state index in [0.717, 1.165) is 16.7 Å². The van der Waals surface area contributed by atoms with Gasteiger partial charge >= 0.3 is 0 Å². The van der Waals surface area contributed by atoms with Crippen LogP contribution in [0, 0.1) is 27.7 Å². The maximum absolute atomic E-state index is 12.5. The van der Waals surface area contributed by atoms with Crippen LogP contribution in [0.1, 0.15) is 32.6 Å². The molecule has 0 saturated carbocycles. The number of benzene rings is 3. The Balaban J connectivity index is 0.000000292. The fraction of sp³-hybridized carbons (Fsp3) is 0.174. The van der Waals surface area contributed by atoms with E-state index in [0.29, 0.717) is 11.3 Å². The standard InChI is InChI=1S/C16H17O3P.C7H8O/c1-11-9-12(2)15(13(3)10-11)16(17)20(18,19)14-7-5-4-6-8-14;1-6-2-4-7(8)5-3-6/h4-10H,1-3H3,(H,18,19);2-5,8H,1H3. The molecular weight excluding hydrogens is 371 g/mol. The molecule has 0 fully saturated rings. The molecule has 5 heteroatoms. The molecule has 0 heterocycles. The number of hydrogen-bond donors (Lipinski definition) is 2. The van der Waals surface area contributed by atoms with Crippen LogP contribution in [0.25, 0.3) is 0 Å². The lowest BCUT2D eigenvalue weighted by atomic mass is 10.0. The highest BCUT2D eigenvalue weighted by atomic mass is 31.2. The third-order valence-electron chi connectivity index (χ3n) is 4.31. The minimum atomic E-state index is -4.07. The Labute approximate surface area is 166 Å². The second-order valence-electron chi connectivity index (χ2n) is 6.83. The lowest BCUT2D eigenvalue weighted by Crippen LogP contribution is -2.14. The Morgan fingerprint density at radius 1 is 0.786 bits per heavy atom. The van der Waals surface area contributed by atoms with E-state index < -0.39 is 12.9 Å². The van der Waals surface area contributed by atoms with E-state index in [1.807, 2.05) is 38.1 Å². The largest absolute Gasteiger partial charge is 0.508 e. The Morgan fingerprint density at radius 2 is 1.29 bits per heavy atom. The van der Waals surface area contributed by atoms with Gasteiger partial charge < -0.3 is 10.00 Å². The third-order valence-corrected chi connectivity index (χ3v) is 6.08. The Morgan fingerprint density at radius 3 is 1.75 bits per heavy atom. The van der Waals surface area contributed by atoms with Gasteiger partial charge in [0.1, 0.15) is 5.75 Å². The SMILES string of the molecule is Cc1cc(C)c(C(=O)P(=O)(O)c2ccccc2)c(C)c1.Cc1ccc(O)cc1. The van der Waals surface area contributed by atoms with Gasteiger partial charge in [-0.05, 0) is 63.1 Å². The summed E-state index contributed by atoms with van der Waals surface area (Å²) >= 11 is 0. The first-order valence-electron chi connectivity index (χ1n) is 8.89. The number of carbonyl (C=O) groups excluding carboxylic acids is 1. The molecule has 0 radical (unpaired) electrons. The lowest BCUT2D eigenvalue weighted by Gasteiger charge is -2.15. The molecule has 0 amide bonds. The molecular formula is C23H25O4P. The van der Waals surface area contributed by atoms with Crippen molar-refractivity contribution in [1.29, 1.82) is 0 Å². The minimum Gasteiger partial charge on any atom is -0.508 e. The molecule has 3 aromatic rings. The number of aryl methyl sites for hydroxylation is 4. The quantitative estimate of drug-likeness (QED) is 0.608. The molecule has 28 heavy (non-hydrogen) atoms. The van der Waals surface area contributed by atoms with Crippen LogP contribution < -0.4 is 5.30 Å². The second kappa shape index (κ2) is 9.01. The number of aromatic hydroxyl groups is 1. The first kappa shape index (κ1) is 21.6. The lowest BCUT2D eigenvalue weighted by molar-refractivity contribution is 0.106. The molecule has 0 aromatic heterocycles. The first-order valence-corrected chi connectivity index (χ1v) is 10.6. The van der Waals surface area contributed by atoms with Gasteiger partial charge in [0, 0.05) is 10.9 Å². The van der Waals surface area contributed by atoms with Gasteiger partial charge in [-0.3, -0.25) is 9.36 Å². The zero-order valence-electron chi connectivity index (χ0n) is 16.5. The van der Waals surface area contributed by atoms with E-state index >= 15 is 0 Å². The summed E-state index contributed by atoms with van der Waals surface area (Å²) < 4.78 is 12.5. The molecule has 146 valence electrons. The van der Waals surface area contributed by atoms with E-state index in [1.54, 1.807) is 44.2 Å². The zero-order chi connectivity index (χ0) is 20.9. The molecule has 3 rings (SSSR count). The highest BCUT2D eigenvalue weighted by Gasteiger charge is 2.34.